The Morgan fingerprint density at radius 1 is 1.48 bits per heavy atom. The minimum Gasteiger partial charge on any atom is -0.383 e. The molecule has 4 nitrogen and oxygen atoms in total. The molecule has 1 unspecified atom stereocenters. The van der Waals surface area contributed by atoms with Crippen LogP contribution >= 0.6 is 23.2 Å². The summed E-state index contributed by atoms with van der Waals surface area (Å²) in [6, 6.07) is 5.29. The molecule has 1 aromatic rings. The van der Waals surface area contributed by atoms with E-state index in [1.807, 2.05) is 0 Å². The van der Waals surface area contributed by atoms with Crippen molar-refractivity contribution in [2.75, 3.05) is 33.4 Å². The predicted octanol–water partition coefficient (Wildman–Crippen LogP) is 2.83. The van der Waals surface area contributed by atoms with Crippen LogP contribution in [0.5, 0.6) is 0 Å². The highest BCUT2D eigenvalue weighted by atomic mass is 35.5. The van der Waals surface area contributed by atoms with Crippen LogP contribution in [0.15, 0.2) is 18.2 Å². The lowest BCUT2D eigenvalue weighted by Crippen LogP contribution is -2.42. The van der Waals surface area contributed by atoms with Crippen molar-refractivity contribution in [2.45, 2.75) is 18.9 Å². The van der Waals surface area contributed by atoms with Crippen LogP contribution in [0.25, 0.3) is 0 Å². The second-order valence-electron chi connectivity index (χ2n) is 5.16. The van der Waals surface area contributed by atoms with Gasteiger partial charge in [0.2, 0.25) is 0 Å². The molecule has 0 aromatic heterocycles. The zero-order valence-electron chi connectivity index (χ0n) is 12.1. The number of ether oxygens (including phenoxy) is 1. The van der Waals surface area contributed by atoms with Gasteiger partial charge in [-0.05, 0) is 37.6 Å². The molecule has 1 atom stereocenters. The van der Waals surface area contributed by atoms with Gasteiger partial charge in [-0.2, -0.15) is 0 Å². The molecule has 1 aliphatic rings. The number of hydrogen-bond acceptors (Lipinski definition) is 3. The lowest BCUT2D eigenvalue weighted by atomic mass is 10.1. The van der Waals surface area contributed by atoms with E-state index in [0.29, 0.717) is 41.3 Å². The lowest BCUT2D eigenvalue weighted by Gasteiger charge is -2.26. The molecule has 0 saturated carbocycles. The van der Waals surface area contributed by atoms with E-state index >= 15 is 0 Å². The van der Waals surface area contributed by atoms with Crippen molar-refractivity contribution in [1.29, 1.82) is 0 Å². The first-order valence-corrected chi connectivity index (χ1v) is 7.84. The van der Waals surface area contributed by atoms with Gasteiger partial charge in [-0.15, -0.1) is 0 Å². The first-order chi connectivity index (χ1) is 10.1. The Labute approximate surface area is 135 Å². The Morgan fingerprint density at radius 2 is 2.29 bits per heavy atom. The molecule has 1 saturated heterocycles. The minimum atomic E-state index is -0.103. The molecule has 0 radical (unpaired) electrons. The number of carbonyl (C=O) groups is 1. The van der Waals surface area contributed by atoms with E-state index in [-0.39, 0.29) is 5.91 Å². The van der Waals surface area contributed by atoms with E-state index in [0.717, 1.165) is 19.4 Å². The molecule has 0 spiro atoms. The van der Waals surface area contributed by atoms with E-state index < -0.39 is 0 Å². The third-order valence-electron chi connectivity index (χ3n) is 3.61. The molecule has 1 amide bonds. The molecule has 1 aromatic carbocycles. The maximum atomic E-state index is 12.7. The molecule has 1 aliphatic heterocycles. The molecular formula is C15H20Cl2N2O2. The number of nitrogens with zero attached hydrogens (tertiary/aromatic N) is 1. The van der Waals surface area contributed by atoms with E-state index in [2.05, 4.69) is 5.32 Å². The second-order valence-corrected chi connectivity index (χ2v) is 6.01. The summed E-state index contributed by atoms with van der Waals surface area (Å²) in [6.07, 6.45) is 2.23. The van der Waals surface area contributed by atoms with E-state index in [1.54, 1.807) is 30.2 Å². The molecule has 116 valence electrons. The fourth-order valence-corrected chi connectivity index (χ4v) is 2.86. The molecule has 1 fully saturated rings. The predicted molar refractivity (Wildman–Crippen MR) is 85.3 cm³/mol. The number of halogens is 2. The van der Waals surface area contributed by atoms with Gasteiger partial charge in [-0.1, -0.05) is 23.2 Å². The Hall–Kier alpha value is -0.810. The Balaban J connectivity index is 2.13. The quantitative estimate of drug-likeness (QED) is 0.872. The van der Waals surface area contributed by atoms with Crippen molar-refractivity contribution >= 4 is 29.1 Å². The zero-order chi connectivity index (χ0) is 15.2. The maximum Gasteiger partial charge on any atom is 0.255 e. The maximum absolute atomic E-state index is 12.7. The van der Waals surface area contributed by atoms with Crippen LogP contribution in [0.4, 0.5) is 0 Å². The molecule has 0 aliphatic carbocycles. The van der Waals surface area contributed by atoms with E-state index in [9.17, 15) is 4.79 Å². The molecule has 2 rings (SSSR count). The molecule has 6 heteroatoms. The van der Waals surface area contributed by atoms with Gasteiger partial charge in [0.15, 0.2) is 0 Å². The monoisotopic (exact) mass is 330 g/mol. The van der Waals surface area contributed by atoms with Crippen LogP contribution in [0, 0.1) is 0 Å². The van der Waals surface area contributed by atoms with Crippen molar-refractivity contribution in [3.63, 3.8) is 0 Å². The van der Waals surface area contributed by atoms with Gasteiger partial charge in [0.05, 0.1) is 17.2 Å². The van der Waals surface area contributed by atoms with Crippen LogP contribution < -0.4 is 5.32 Å². The summed E-state index contributed by atoms with van der Waals surface area (Å²) in [6.45, 7) is 2.70. The Bertz CT molecular complexity index is 491. The summed E-state index contributed by atoms with van der Waals surface area (Å²) in [5.41, 5.74) is 0.443. The fraction of sp³-hybridized carbons (Fsp3) is 0.533. The molecule has 0 bridgehead atoms. The molecular weight excluding hydrogens is 311 g/mol. The van der Waals surface area contributed by atoms with Gasteiger partial charge in [0.25, 0.3) is 5.91 Å². The summed E-state index contributed by atoms with van der Waals surface area (Å²) < 4.78 is 5.10. The van der Waals surface area contributed by atoms with Crippen LogP contribution in [0.2, 0.25) is 10.0 Å². The number of rotatable bonds is 6. The fourth-order valence-electron chi connectivity index (χ4n) is 2.49. The van der Waals surface area contributed by atoms with E-state index in [4.69, 9.17) is 27.9 Å². The van der Waals surface area contributed by atoms with Crippen LogP contribution in [0.1, 0.15) is 23.2 Å². The Kier molecular flexibility index (Phi) is 6.30. The first kappa shape index (κ1) is 16.6. The van der Waals surface area contributed by atoms with Crippen LogP contribution in [-0.4, -0.2) is 50.2 Å². The van der Waals surface area contributed by atoms with Gasteiger partial charge >= 0.3 is 0 Å². The lowest BCUT2D eigenvalue weighted by molar-refractivity contribution is 0.0679. The third kappa shape index (κ3) is 4.58. The van der Waals surface area contributed by atoms with Gasteiger partial charge < -0.3 is 15.0 Å². The summed E-state index contributed by atoms with van der Waals surface area (Å²) in [7, 11) is 1.63. The summed E-state index contributed by atoms with van der Waals surface area (Å²) in [5, 5.41) is 4.33. The highest BCUT2D eigenvalue weighted by Crippen LogP contribution is 2.22. The number of nitrogens with one attached hydrogen (secondary N) is 1. The average molecular weight is 331 g/mol. The highest BCUT2D eigenvalue weighted by Gasteiger charge is 2.23. The van der Waals surface area contributed by atoms with Crippen molar-refractivity contribution in [1.82, 2.24) is 10.2 Å². The van der Waals surface area contributed by atoms with Gasteiger partial charge in [0, 0.05) is 31.3 Å². The number of carbonyl (C=O) groups excluding carboxylic acids is 1. The third-order valence-corrected chi connectivity index (χ3v) is 4.18. The van der Waals surface area contributed by atoms with Crippen molar-refractivity contribution in [3.8, 4) is 0 Å². The standard InChI is InChI=1S/C15H20Cl2N2O2/c1-21-8-7-19(10-12-3-2-6-18-12)15(20)13-9-11(16)4-5-14(13)17/h4-5,9,12,18H,2-3,6-8,10H2,1H3. The number of hydrogen-bond donors (Lipinski definition) is 1. The highest BCUT2D eigenvalue weighted by molar-refractivity contribution is 6.35. The molecule has 21 heavy (non-hydrogen) atoms. The van der Waals surface area contributed by atoms with Gasteiger partial charge in [-0.25, -0.2) is 0 Å². The first-order valence-electron chi connectivity index (χ1n) is 7.08. The number of methoxy groups -OCH3 is 1. The van der Waals surface area contributed by atoms with Crippen LogP contribution in [0.3, 0.4) is 0 Å². The number of amides is 1. The van der Waals surface area contributed by atoms with Crippen molar-refractivity contribution < 1.29 is 9.53 Å². The Morgan fingerprint density at radius 3 is 2.95 bits per heavy atom. The normalized spacial score (nSPS) is 18.0. The largest absolute Gasteiger partial charge is 0.383 e. The molecule has 1 heterocycles. The van der Waals surface area contributed by atoms with Crippen molar-refractivity contribution in [2.24, 2.45) is 0 Å². The van der Waals surface area contributed by atoms with Crippen molar-refractivity contribution in [3.05, 3.63) is 33.8 Å². The smallest absolute Gasteiger partial charge is 0.255 e. The van der Waals surface area contributed by atoms with Gasteiger partial charge in [-0.3, -0.25) is 4.79 Å². The minimum absolute atomic E-state index is 0.103. The van der Waals surface area contributed by atoms with Gasteiger partial charge in [0.1, 0.15) is 0 Å². The summed E-state index contributed by atoms with van der Waals surface area (Å²) in [5.74, 6) is -0.103. The topological polar surface area (TPSA) is 41.6 Å². The second kappa shape index (κ2) is 7.99. The average Bonchev–Trinajstić information content (AvgIpc) is 2.98. The van der Waals surface area contributed by atoms with E-state index in [1.165, 1.54) is 0 Å². The summed E-state index contributed by atoms with van der Waals surface area (Å²) >= 11 is 12.1. The van der Waals surface area contributed by atoms with Crippen LogP contribution in [-0.2, 0) is 4.74 Å². The zero-order valence-corrected chi connectivity index (χ0v) is 13.6. The molecule has 1 N–H and O–H groups in total. The SMILES string of the molecule is COCCN(CC1CCCN1)C(=O)c1cc(Cl)ccc1Cl. The summed E-state index contributed by atoms with van der Waals surface area (Å²) in [4.78, 5) is 14.5. The number of benzene rings is 1.